The monoisotopic (exact) mass is 313 g/mol. The molecule has 0 spiro atoms. The normalized spacial score (nSPS) is 24.3. The van der Waals surface area contributed by atoms with Gasteiger partial charge in [0.1, 0.15) is 17.9 Å². The third-order valence-corrected chi connectivity index (χ3v) is 5.07. The first-order chi connectivity index (χ1) is 11.2. The van der Waals surface area contributed by atoms with Crippen LogP contribution in [0, 0.1) is 25.7 Å². The van der Waals surface area contributed by atoms with Crippen LogP contribution in [0.4, 0.5) is 5.82 Å². The Labute approximate surface area is 136 Å². The van der Waals surface area contributed by atoms with Crippen molar-refractivity contribution in [3.8, 4) is 0 Å². The zero-order chi connectivity index (χ0) is 15.8. The van der Waals surface area contributed by atoms with Gasteiger partial charge in [-0.15, -0.1) is 0 Å². The standard InChI is InChI=1S/C17H23N5O/c1-12-5-18-11-20-17(12)22-9-14-7-21(8-15(14)10-22)4-3-16-6-19-13(2)23-16/h5-6,11,14-15H,3-4,7-10H2,1-2H3. The molecule has 2 aliphatic rings. The topological polar surface area (TPSA) is 58.3 Å². The molecule has 0 radical (unpaired) electrons. The summed E-state index contributed by atoms with van der Waals surface area (Å²) in [5.41, 5.74) is 1.17. The Hall–Kier alpha value is -1.95. The van der Waals surface area contributed by atoms with Crippen molar-refractivity contribution >= 4 is 5.82 Å². The van der Waals surface area contributed by atoms with Crippen LogP contribution in [0.2, 0.25) is 0 Å². The minimum absolute atomic E-state index is 0.751. The van der Waals surface area contributed by atoms with E-state index >= 15 is 0 Å². The van der Waals surface area contributed by atoms with Gasteiger partial charge in [-0.25, -0.2) is 15.0 Å². The van der Waals surface area contributed by atoms with Gasteiger partial charge in [0, 0.05) is 57.8 Å². The summed E-state index contributed by atoms with van der Waals surface area (Å²) in [6.07, 6.45) is 6.37. The van der Waals surface area contributed by atoms with E-state index in [0.717, 1.165) is 55.4 Å². The number of anilines is 1. The maximum atomic E-state index is 5.57. The summed E-state index contributed by atoms with van der Waals surface area (Å²) in [4.78, 5) is 17.7. The number of nitrogens with zero attached hydrogens (tertiary/aromatic N) is 5. The highest BCUT2D eigenvalue weighted by molar-refractivity contribution is 5.46. The van der Waals surface area contributed by atoms with Crippen molar-refractivity contribution in [2.45, 2.75) is 20.3 Å². The maximum absolute atomic E-state index is 5.57. The zero-order valence-electron chi connectivity index (χ0n) is 13.8. The maximum Gasteiger partial charge on any atom is 0.191 e. The lowest BCUT2D eigenvalue weighted by Gasteiger charge is -2.22. The molecule has 23 heavy (non-hydrogen) atoms. The van der Waals surface area contributed by atoms with Gasteiger partial charge in [0.15, 0.2) is 5.89 Å². The van der Waals surface area contributed by atoms with Crippen molar-refractivity contribution in [3.63, 3.8) is 0 Å². The highest BCUT2D eigenvalue weighted by atomic mass is 16.3. The van der Waals surface area contributed by atoms with Crippen LogP contribution in [0.25, 0.3) is 0 Å². The van der Waals surface area contributed by atoms with Crippen molar-refractivity contribution < 1.29 is 4.42 Å². The lowest BCUT2D eigenvalue weighted by molar-refractivity contribution is 0.309. The van der Waals surface area contributed by atoms with Gasteiger partial charge >= 0.3 is 0 Å². The lowest BCUT2D eigenvalue weighted by atomic mass is 10.0. The Bertz CT molecular complexity index is 671. The number of fused-ring (bicyclic) bond motifs is 1. The fourth-order valence-corrected chi connectivity index (χ4v) is 3.96. The van der Waals surface area contributed by atoms with Crippen molar-refractivity contribution in [2.24, 2.45) is 11.8 Å². The summed E-state index contributed by atoms with van der Waals surface area (Å²) in [5, 5.41) is 0. The first-order valence-corrected chi connectivity index (χ1v) is 8.34. The van der Waals surface area contributed by atoms with E-state index in [4.69, 9.17) is 4.42 Å². The number of hydrogen-bond acceptors (Lipinski definition) is 6. The highest BCUT2D eigenvalue weighted by Crippen LogP contribution is 2.34. The quantitative estimate of drug-likeness (QED) is 0.856. The number of aryl methyl sites for hydroxylation is 2. The molecule has 122 valence electrons. The van der Waals surface area contributed by atoms with E-state index in [-0.39, 0.29) is 0 Å². The van der Waals surface area contributed by atoms with Crippen LogP contribution in [0.15, 0.2) is 23.1 Å². The molecule has 0 amide bonds. The molecule has 2 atom stereocenters. The summed E-state index contributed by atoms with van der Waals surface area (Å²) in [6.45, 7) is 9.63. The van der Waals surface area contributed by atoms with Crippen LogP contribution in [-0.4, -0.2) is 52.6 Å². The predicted octanol–water partition coefficient (Wildman–Crippen LogP) is 1.69. The molecule has 4 rings (SSSR count). The minimum atomic E-state index is 0.751. The van der Waals surface area contributed by atoms with E-state index in [1.54, 1.807) is 6.33 Å². The molecule has 6 nitrogen and oxygen atoms in total. The molecule has 6 heteroatoms. The molecule has 2 aromatic rings. The largest absolute Gasteiger partial charge is 0.446 e. The number of aromatic nitrogens is 3. The van der Waals surface area contributed by atoms with Crippen LogP contribution >= 0.6 is 0 Å². The number of oxazole rings is 1. The smallest absolute Gasteiger partial charge is 0.191 e. The molecular formula is C17H23N5O. The van der Waals surface area contributed by atoms with E-state index < -0.39 is 0 Å². The molecule has 0 saturated carbocycles. The van der Waals surface area contributed by atoms with Gasteiger partial charge in [-0.2, -0.15) is 0 Å². The van der Waals surface area contributed by atoms with Gasteiger partial charge in [0.2, 0.25) is 0 Å². The molecule has 2 saturated heterocycles. The van der Waals surface area contributed by atoms with Crippen LogP contribution in [0.3, 0.4) is 0 Å². The van der Waals surface area contributed by atoms with Crippen LogP contribution in [-0.2, 0) is 6.42 Å². The zero-order valence-corrected chi connectivity index (χ0v) is 13.8. The average molecular weight is 313 g/mol. The van der Waals surface area contributed by atoms with E-state index in [1.807, 2.05) is 19.3 Å². The van der Waals surface area contributed by atoms with Gasteiger partial charge in [-0.3, -0.25) is 0 Å². The minimum Gasteiger partial charge on any atom is -0.446 e. The summed E-state index contributed by atoms with van der Waals surface area (Å²) >= 11 is 0. The first-order valence-electron chi connectivity index (χ1n) is 8.34. The van der Waals surface area contributed by atoms with Crippen LogP contribution < -0.4 is 4.90 Å². The van der Waals surface area contributed by atoms with Crippen molar-refractivity contribution in [1.29, 1.82) is 0 Å². The third kappa shape index (κ3) is 2.95. The molecule has 0 bridgehead atoms. The molecular weight excluding hydrogens is 290 g/mol. The SMILES string of the molecule is Cc1ncc(CCN2CC3CN(c4ncncc4C)CC3C2)o1. The Balaban J connectivity index is 1.32. The molecule has 2 aliphatic heterocycles. The summed E-state index contributed by atoms with van der Waals surface area (Å²) < 4.78 is 5.57. The summed E-state index contributed by atoms with van der Waals surface area (Å²) in [5.74, 6) is 4.37. The Kier molecular flexibility index (Phi) is 3.77. The second kappa shape index (κ2) is 5.92. The number of rotatable bonds is 4. The van der Waals surface area contributed by atoms with Gasteiger partial charge in [-0.1, -0.05) is 0 Å². The van der Waals surface area contributed by atoms with E-state index in [1.165, 1.54) is 18.7 Å². The molecule has 0 aliphatic carbocycles. The molecule has 2 aromatic heterocycles. The molecule has 0 aromatic carbocycles. The van der Waals surface area contributed by atoms with Gasteiger partial charge in [0.05, 0.1) is 6.20 Å². The van der Waals surface area contributed by atoms with Crippen molar-refractivity contribution in [1.82, 2.24) is 19.9 Å². The van der Waals surface area contributed by atoms with E-state index in [2.05, 4.69) is 31.7 Å². The fraction of sp³-hybridized carbons (Fsp3) is 0.588. The fourth-order valence-electron chi connectivity index (χ4n) is 3.96. The van der Waals surface area contributed by atoms with Gasteiger partial charge in [-0.05, 0) is 18.8 Å². The Morgan fingerprint density at radius 1 is 1.09 bits per heavy atom. The lowest BCUT2D eigenvalue weighted by Crippen LogP contribution is -2.30. The first kappa shape index (κ1) is 14.6. The van der Waals surface area contributed by atoms with E-state index in [0.29, 0.717) is 0 Å². The summed E-state index contributed by atoms with van der Waals surface area (Å²) in [6, 6.07) is 0. The van der Waals surface area contributed by atoms with Crippen LogP contribution in [0.1, 0.15) is 17.2 Å². The average Bonchev–Trinajstić information content (AvgIpc) is 3.20. The van der Waals surface area contributed by atoms with Crippen LogP contribution in [0.5, 0.6) is 0 Å². The van der Waals surface area contributed by atoms with Crippen molar-refractivity contribution in [2.75, 3.05) is 37.6 Å². The molecule has 2 fully saturated rings. The Morgan fingerprint density at radius 2 is 1.87 bits per heavy atom. The van der Waals surface area contributed by atoms with Gasteiger partial charge in [0.25, 0.3) is 0 Å². The molecule has 2 unspecified atom stereocenters. The highest BCUT2D eigenvalue weighted by Gasteiger charge is 2.40. The Morgan fingerprint density at radius 3 is 2.52 bits per heavy atom. The second-order valence-electron chi connectivity index (χ2n) is 6.81. The predicted molar refractivity (Wildman–Crippen MR) is 87.3 cm³/mol. The number of hydrogen-bond donors (Lipinski definition) is 0. The van der Waals surface area contributed by atoms with E-state index in [9.17, 15) is 0 Å². The summed E-state index contributed by atoms with van der Waals surface area (Å²) in [7, 11) is 0. The molecule has 4 heterocycles. The molecule has 0 N–H and O–H groups in total. The second-order valence-corrected chi connectivity index (χ2v) is 6.81. The van der Waals surface area contributed by atoms with Gasteiger partial charge < -0.3 is 14.2 Å². The number of likely N-dealkylation sites (tertiary alicyclic amines) is 1. The van der Waals surface area contributed by atoms with Crippen molar-refractivity contribution in [3.05, 3.63) is 35.9 Å². The third-order valence-electron chi connectivity index (χ3n) is 5.07.